The van der Waals surface area contributed by atoms with Crippen LogP contribution in [0.3, 0.4) is 0 Å². The molecule has 244 valence electrons. The van der Waals surface area contributed by atoms with Gasteiger partial charge in [0.05, 0.1) is 0 Å². The molecule has 1 aliphatic rings. The Morgan fingerprint density at radius 2 is 1.64 bits per heavy atom. The minimum atomic E-state index is -1.28. The normalized spacial score (nSPS) is 15.4. The van der Waals surface area contributed by atoms with E-state index in [0.717, 1.165) is 5.56 Å². The first-order valence-corrected chi connectivity index (χ1v) is 15.3. The van der Waals surface area contributed by atoms with Crippen LogP contribution in [0.1, 0.15) is 63.5 Å². The lowest BCUT2D eigenvalue weighted by molar-refractivity contribution is -0.143. The Hall–Kier alpha value is -4.61. The van der Waals surface area contributed by atoms with E-state index in [1.807, 2.05) is 39.8 Å². The third-order valence-electron chi connectivity index (χ3n) is 7.89. The Bertz CT molecular complexity index is 1340. The van der Waals surface area contributed by atoms with Crippen LogP contribution in [0.25, 0.3) is 0 Å². The Morgan fingerprint density at radius 3 is 2.20 bits per heavy atom. The summed E-state index contributed by atoms with van der Waals surface area (Å²) in [6, 6.07) is 11.5. The fraction of sp³-hybridized carbons (Fsp3) is 0.485. The summed E-state index contributed by atoms with van der Waals surface area (Å²) in [6.45, 7) is 7.90. The van der Waals surface area contributed by atoms with E-state index in [1.165, 1.54) is 4.90 Å². The first kappa shape index (κ1) is 34.9. The summed E-state index contributed by atoms with van der Waals surface area (Å²) in [5.41, 5.74) is 6.85. The fourth-order valence-electron chi connectivity index (χ4n) is 5.35. The van der Waals surface area contributed by atoms with Crippen LogP contribution >= 0.6 is 0 Å². The number of para-hydroxylation sites is 1. The molecule has 2 aromatic carbocycles. The van der Waals surface area contributed by atoms with E-state index in [0.29, 0.717) is 50.1 Å². The number of primary amides is 1. The van der Waals surface area contributed by atoms with Gasteiger partial charge in [0.25, 0.3) is 5.91 Å². The number of likely N-dealkylation sites (tertiary alicyclic amines) is 1. The van der Waals surface area contributed by atoms with E-state index in [2.05, 4.69) is 10.6 Å². The fourth-order valence-corrected chi connectivity index (χ4v) is 5.35. The molecule has 2 aromatic rings. The van der Waals surface area contributed by atoms with Crippen molar-refractivity contribution in [1.29, 1.82) is 0 Å². The van der Waals surface area contributed by atoms with Gasteiger partial charge in [0, 0.05) is 24.9 Å². The van der Waals surface area contributed by atoms with Crippen molar-refractivity contribution in [3.05, 3.63) is 59.7 Å². The van der Waals surface area contributed by atoms with Crippen molar-refractivity contribution in [2.45, 2.75) is 71.4 Å². The van der Waals surface area contributed by atoms with Gasteiger partial charge in [-0.15, -0.1) is 0 Å². The minimum absolute atomic E-state index is 0.0355. The van der Waals surface area contributed by atoms with Crippen molar-refractivity contribution < 1.29 is 38.6 Å². The molecule has 3 atom stereocenters. The Balaban J connectivity index is 1.64. The quantitative estimate of drug-likeness (QED) is 0.247. The standard InChI is InChI=1S/C33H44N4O8/c1-5-25(22-10-12-24(13-11-22)45-33(43)37-16-14-23(15-17-37)30(34)39)29(32(41)42)36-31(40)26(18-20(2)3)35-28(38)19-44-27-9-7-6-8-21(27)4/h6-13,20,23,25-26,29H,5,14-19H2,1-4H3,(H2,34,39)(H,35,38)(H,36,40)(H,41,42). The van der Waals surface area contributed by atoms with Gasteiger partial charge in [-0.3, -0.25) is 14.4 Å². The molecule has 5 N–H and O–H groups in total. The second-order valence-corrected chi connectivity index (χ2v) is 11.7. The maximum Gasteiger partial charge on any atom is 0.415 e. The molecule has 0 saturated carbocycles. The molecule has 3 unspecified atom stereocenters. The highest BCUT2D eigenvalue weighted by molar-refractivity contribution is 5.91. The second-order valence-electron chi connectivity index (χ2n) is 11.7. The van der Waals surface area contributed by atoms with Gasteiger partial charge in [0.15, 0.2) is 6.61 Å². The van der Waals surface area contributed by atoms with E-state index in [4.69, 9.17) is 15.2 Å². The first-order valence-electron chi connectivity index (χ1n) is 15.3. The van der Waals surface area contributed by atoms with Crippen molar-refractivity contribution in [2.24, 2.45) is 17.6 Å². The molecule has 45 heavy (non-hydrogen) atoms. The molecule has 1 fully saturated rings. The molecule has 0 radical (unpaired) electrons. The third kappa shape index (κ3) is 10.2. The number of nitrogens with zero attached hydrogens (tertiary/aromatic N) is 1. The van der Waals surface area contributed by atoms with E-state index in [1.54, 1.807) is 36.4 Å². The summed E-state index contributed by atoms with van der Waals surface area (Å²) in [7, 11) is 0. The summed E-state index contributed by atoms with van der Waals surface area (Å²) < 4.78 is 11.1. The van der Waals surface area contributed by atoms with Crippen LogP contribution in [0.4, 0.5) is 4.79 Å². The molecule has 1 aliphatic heterocycles. The highest BCUT2D eigenvalue weighted by Gasteiger charge is 2.33. The molecular weight excluding hydrogens is 580 g/mol. The maximum atomic E-state index is 13.4. The number of amides is 4. The van der Waals surface area contributed by atoms with Crippen molar-refractivity contribution >= 4 is 29.8 Å². The maximum absolute atomic E-state index is 13.4. The number of carbonyl (C=O) groups excluding carboxylic acids is 4. The van der Waals surface area contributed by atoms with Crippen LogP contribution in [0.5, 0.6) is 11.5 Å². The number of aliphatic carboxylic acids is 1. The predicted octanol–water partition coefficient (Wildman–Crippen LogP) is 3.36. The monoisotopic (exact) mass is 624 g/mol. The molecule has 4 amide bonds. The number of hydrogen-bond acceptors (Lipinski definition) is 7. The lowest BCUT2D eigenvalue weighted by Gasteiger charge is -2.29. The zero-order chi connectivity index (χ0) is 33.1. The number of carbonyl (C=O) groups is 5. The number of nitrogens with two attached hydrogens (primary N) is 1. The van der Waals surface area contributed by atoms with Crippen molar-refractivity contribution in [2.75, 3.05) is 19.7 Å². The summed E-state index contributed by atoms with van der Waals surface area (Å²) in [5.74, 6) is -2.69. The molecule has 12 heteroatoms. The van der Waals surface area contributed by atoms with Gasteiger partial charge < -0.3 is 35.8 Å². The van der Waals surface area contributed by atoms with Crippen LogP contribution < -0.4 is 25.8 Å². The van der Waals surface area contributed by atoms with Gasteiger partial charge >= 0.3 is 12.1 Å². The second kappa shape index (κ2) is 16.5. The average molecular weight is 625 g/mol. The lowest BCUT2D eigenvalue weighted by Crippen LogP contribution is -2.54. The zero-order valence-corrected chi connectivity index (χ0v) is 26.3. The van der Waals surface area contributed by atoms with Crippen LogP contribution in [0, 0.1) is 18.8 Å². The van der Waals surface area contributed by atoms with Crippen LogP contribution in [-0.2, 0) is 19.2 Å². The highest BCUT2D eigenvalue weighted by atomic mass is 16.6. The summed E-state index contributed by atoms with van der Waals surface area (Å²) >= 11 is 0. The molecular formula is C33H44N4O8. The van der Waals surface area contributed by atoms with Crippen LogP contribution in [-0.4, -0.2) is 71.6 Å². The van der Waals surface area contributed by atoms with Gasteiger partial charge in [-0.05, 0) is 67.9 Å². The van der Waals surface area contributed by atoms with Gasteiger partial charge in [0.2, 0.25) is 11.8 Å². The van der Waals surface area contributed by atoms with Crippen molar-refractivity contribution in [1.82, 2.24) is 15.5 Å². The highest BCUT2D eigenvalue weighted by Crippen LogP contribution is 2.27. The SMILES string of the molecule is CCC(c1ccc(OC(=O)N2CCC(C(N)=O)CC2)cc1)C(NC(=O)C(CC(C)C)NC(=O)COc1ccccc1C)C(=O)O. The number of benzene rings is 2. The number of ether oxygens (including phenoxy) is 2. The molecule has 0 bridgehead atoms. The van der Waals surface area contributed by atoms with E-state index >= 15 is 0 Å². The molecule has 0 spiro atoms. The number of nitrogens with one attached hydrogen (secondary N) is 2. The number of hydrogen-bond donors (Lipinski definition) is 4. The number of carboxylic acids is 1. The van der Waals surface area contributed by atoms with Gasteiger partial charge in [0.1, 0.15) is 23.6 Å². The molecule has 3 rings (SSSR count). The van der Waals surface area contributed by atoms with Crippen LogP contribution in [0.15, 0.2) is 48.5 Å². The average Bonchev–Trinajstić information content (AvgIpc) is 3.00. The third-order valence-corrected chi connectivity index (χ3v) is 7.89. The Morgan fingerprint density at radius 1 is 1.00 bits per heavy atom. The summed E-state index contributed by atoms with van der Waals surface area (Å²) in [5, 5.41) is 15.4. The van der Waals surface area contributed by atoms with Gasteiger partial charge in [-0.2, -0.15) is 0 Å². The lowest BCUT2D eigenvalue weighted by atomic mass is 9.88. The molecule has 0 aliphatic carbocycles. The topological polar surface area (TPSA) is 177 Å². The number of carboxylic acid groups (broad SMARTS) is 1. The molecule has 1 saturated heterocycles. The minimum Gasteiger partial charge on any atom is -0.484 e. The van der Waals surface area contributed by atoms with E-state index < -0.39 is 41.9 Å². The van der Waals surface area contributed by atoms with Gasteiger partial charge in [-0.1, -0.05) is 51.1 Å². The smallest absolute Gasteiger partial charge is 0.415 e. The largest absolute Gasteiger partial charge is 0.484 e. The summed E-state index contributed by atoms with van der Waals surface area (Å²) in [4.78, 5) is 64.0. The Kier molecular flexibility index (Phi) is 12.8. The number of piperidine rings is 1. The number of aryl methyl sites for hydroxylation is 1. The van der Waals surface area contributed by atoms with Gasteiger partial charge in [-0.25, -0.2) is 9.59 Å². The number of rotatable bonds is 14. The molecule has 12 nitrogen and oxygen atoms in total. The predicted molar refractivity (Wildman–Crippen MR) is 167 cm³/mol. The zero-order valence-electron chi connectivity index (χ0n) is 26.3. The van der Waals surface area contributed by atoms with E-state index in [9.17, 15) is 29.1 Å². The van der Waals surface area contributed by atoms with Crippen LogP contribution in [0.2, 0.25) is 0 Å². The Labute approximate surface area is 263 Å². The first-order chi connectivity index (χ1) is 21.4. The van der Waals surface area contributed by atoms with E-state index in [-0.39, 0.29) is 30.1 Å². The summed E-state index contributed by atoms with van der Waals surface area (Å²) in [6.07, 6.45) is 1.09. The van der Waals surface area contributed by atoms with Crippen molar-refractivity contribution in [3.8, 4) is 11.5 Å². The molecule has 1 heterocycles. The van der Waals surface area contributed by atoms with Crippen molar-refractivity contribution in [3.63, 3.8) is 0 Å². The molecule has 0 aromatic heterocycles.